The number of fused-ring (bicyclic) bond motifs is 2. The summed E-state index contributed by atoms with van der Waals surface area (Å²) in [5, 5.41) is 11.4. The third-order valence-electron chi connectivity index (χ3n) is 6.86. The topological polar surface area (TPSA) is 71.8 Å². The minimum Gasteiger partial charge on any atom is -0.488 e. The zero-order valence-corrected chi connectivity index (χ0v) is 17.8. The molecule has 2 heterocycles. The molecule has 3 aromatic rings. The SMILES string of the molecule is Cn1c(=O)cc(C(=O)N2C[C@H]3C[C@@H](Oc4ccc(F)cc4)[C@H](O)C[C@H]3C2)c2ccccc21. The maximum Gasteiger partial charge on any atom is 0.254 e. The number of halogens is 1. The number of hydrogen-bond acceptors (Lipinski definition) is 4. The summed E-state index contributed by atoms with van der Waals surface area (Å²) in [6.07, 6.45) is 0.102. The number of aliphatic hydroxyl groups is 1. The van der Waals surface area contributed by atoms with E-state index in [1.54, 1.807) is 28.6 Å². The molecule has 166 valence electrons. The molecule has 2 aliphatic rings. The van der Waals surface area contributed by atoms with Crippen molar-refractivity contribution in [2.75, 3.05) is 13.1 Å². The van der Waals surface area contributed by atoms with Crippen LogP contribution in [0.5, 0.6) is 5.75 Å². The van der Waals surface area contributed by atoms with Gasteiger partial charge in [-0.05, 0) is 55.0 Å². The number of ether oxygens (including phenoxy) is 1. The van der Waals surface area contributed by atoms with E-state index in [2.05, 4.69) is 0 Å². The Bertz CT molecular complexity index is 1220. The van der Waals surface area contributed by atoms with Crippen molar-refractivity contribution in [2.24, 2.45) is 18.9 Å². The number of pyridine rings is 1. The number of rotatable bonds is 3. The highest BCUT2D eigenvalue weighted by atomic mass is 19.1. The Morgan fingerprint density at radius 3 is 2.50 bits per heavy atom. The molecular formula is C25H25FN2O4. The molecule has 0 spiro atoms. The predicted molar refractivity (Wildman–Crippen MR) is 118 cm³/mol. The number of likely N-dealkylation sites (tertiary alicyclic amines) is 1. The lowest BCUT2D eigenvalue weighted by Gasteiger charge is -2.35. The van der Waals surface area contributed by atoms with E-state index in [1.807, 2.05) is 24.3 Å². The van der Waals surface area contributed by atoms with E-state index in [-0.39, 0.29) is 29.1 Å². The highest BCUT2D eigenvalue weighted by Crippen LogP contribution is 2.38. The minimum absolute atomic E-state index is 0.154. The van der Waals surface area contributed by atoms with Gasteiger partial charge in [0.25, 0.3) is 11.5 Å². The van der Waals surface area contributed by atoms with Gasteiger partial charge in [0, 0.05) is 31.6 Å². The Labute approximate surface area is 184 Å². The molecule has 2 aromatic carbocycles. The van der Waals surface area contributed by atoms with Gasteiger partial charge in [-0.25, -0.2) is 4.39 Å². The average Bonchev–Trinajstić information content (AvgIpc) is 3.20. The van der Waals surface area contributed by atoms with Crippen molar-refractivity contribution in [1.82, 2.24) is 9.47 Å². The molecule has 7 heteroatoms. The molecule has 0 radical (unpaired) electrons. The van der Waals surface area contributed by atoms with Crippen LogP contribution in [0.1, 0.15) is 23.2 Å². The number of benzene rings is 2. The Hall–Kier alpha value is -3.19. The van der Waals surface area contributed by atoms with E-state index >= 15 is 0 Å². The van der Waals surface area contributed by atoms with Crippen molar-refractivity contribution in [2.45, 2.75) is 25.0 Å². The van der Waals surface area contributed by atoms with Crippen molar-refractivity contribution in [3.63, 3.8) is 0 Å². The maximum absolute atomic E-state index is 13.4. The summed E-state index contributed by atoms with van der Waals surface area (Å²) >= 11 is 0. The van der Waals surface area contributed by atoms with Gasteiger partial charge in [-0.1, -0.05) is 18.2 Å². The monoisotopic (exact) mass is 436 g/mol. The molecule has 4 atom stereocenters. The number of hydrogen-bond donors (Lipinski definition) is 1. The lowest BCUT2D eigenvalue weighted by Crippen LogP contribution is -2.42. The first-order valence-electron chi connectivity index (χ1n) is 10.9. The number of para-hydroxylation sites is 1. The number of aliphatic hydroxyl groups excluding tert-OH is 1. The molecule has 5 rings (SSSR count). The van der Waals surface area contributed by atoms with E-state index in [4.69, 9.17) is 4.74 Å². The van der Waals surface area contributed by atoms with Crippen molar-refractivity contribution in [3.05, 3.63) is 76.3 Å². The number of nitrogens with zero attached hydrogens (tertiary/aromatic N) is 2. The van der Waals surface area contributed by atoms with Gasteiger partial charge in [0.2, 0.25) is 0 Å². The summed E-state index contributed by atoms with van der Waals surface area (Å²) in [7, 11) is 1.70. The van der Waals surface area contributed by atoms with Crippen LogP contribution in [0.2, 0.25) is 0 Å². The Morgan fingerprint density at radius 2 is 1.75 bits per heavy atom. The summed E-state index contributed by atoms with van der Waals surface area (Å²) in [4.78, 5) is 27.6. The largest absolute Gasteiger partial charge is 0.488 e. The average molecular weight is 436 g/mol. The lowest BCUT2D eigenvalue weighted by atomic mass is 9.78. The number of aromatic nitrogens is 1. The Kier molecular flexibility index (Phi) is 5.21. The van der Waals surface area contributed by atoms with Crippen LogP contribution in [-0.2, 0) is 7.05 Å². The summed E-state index contributed by atoms with van der Waals surface area (Å²) < 4.78 is 20.6. The van der Waals surface area contributed by atoms with Crippen LogP contribution >= 0.6 is 0 Å². The standard InChI is InChI=1S/C25H25FN2O4/c1-27-21-5-3-2-4-19(21)20(12-24(27)30)25(31)28-13-15-10-22(29)23(11-16(15)14-28)32-18-8-6-17(26)7-9-18/h2-9,12,15-16,22-23,29H,10-11,13-14H2,1H3/t15-,16+,22+,23+/m0/s1. The van der Waals surface area contributed by atoms with Crippen LogP contribution < -0.4 is 10.3 Å². The lowest BCUT2D eigenvalue weighted by molar-refractivity contribution is -0.0231. The Morgan fingerprint density at radius 1 is 1.06 bits per heavy atom. The molecule has 1 aliphatic heterocycles. The van der Waals surface area contributed by atoms with E-state index in [1.165, 1.54) is 18.2 Å². The van der Waals surface area contributed by atoms with Gasteiger partial charge in [0.15, 0.2) is 0 Å². The second kappa shape index (κ2) is 8.06. The Balaban J connectivity index is 1.35. The molecule has 1 saturated heterocycles. The molecular weight excluding hydrogens is 411 g/mol. The number of amides is 1. The third kappa shape index (κ3) is 3.66. The second-order valence-electron chi connectivity index (χ2n) is 8.85. The highest BCUT2D eigenvalue weighted by Gasteiger charge is 2.44. The van der Waals surface area contributed by atoms with E-state index in [0.29, 0.717) is 37.2 Å². The smallest absolute Gasteiger partial charge is 0.254 e. The van der Waals surface area contributed by atoms with Crippen LogP contribution in [0.25, 0.3) is 10.9 Å². The molecule has 1 amide bonds. The molecule has 0 unspecified atom stereocenters. The normalized spacial score (nSPS) is 25.0. The summed E-state index contributed by atoms with van der Waals surface area (Å²) in [5.74, 6) is 0.408. The predicted octanol–water partition coefficient (Wildman–Crippen LogP) is 2.97. The highest BCUT2D eigenvalue weighted by molar-refractivity contribution is 6.06. The molecule has 1 N–H and O–H groups in total. The first-order valence-corrected chi connectivity index (χ1v) is 10.9. The third-order valence-corrected chi connectivity index (χ3v) is 6.86. The van der Waals surface area contributed by atoms with Crippen LogP contribution in [0.15, 0.2) is 59.4 Å². The van der Waals surface area contributed by atoms with Crippen LogP contribution in [0.3, 0.4) is 0 Å². The van der Waals surface area contributed by atoms with Crippen molar-refractivity contribution < 1.29 is 19.0 Å². The fourth-order valence-corrected chi connectivity index (χ4v) is 5.13. The second-order valence-corrected chi connectivity index (χ2v) is 8.85. The molecule has 1 saturated carbocycles. The van der Waals surface area contributed by atoms with Gasteiger partial charge in [0.05, 0.1) is 17.2 Å². The van der Waals surface area contributed by atoms with Crippen LogP contribution in [-0.4, -0.2) is 45.8 Å². The van der Waals surface area contributed by atoms with E-state index < -0.39 is 12.2 Å². The number of aryl methyl sites for hydroxylation is 1. The molecule has 2 fully saturated rings. The quantitative estimate of drug-likeness (QED) is 0.685. The molecule has 1 aliphatic carbocycles. The van der Waals surface area contributed by atoms with Gasteiger partial charge < -0.3 is 19.3 Å². The minimum atomic E-state index is -0.652. The van der Waals surface area contributed by atoms with Gasteiger partial charge in [0.1, 0.15) is 17.7 Å². The molecule has 0 bridgehead atoms. The van der Waals surface area contributed by atoms with Crippen LogP contribution in [0.4, 0.5) is 4.39 Å². The molecule has 32 heavy (non-hydrogen) atoms. The first-order chi connectivity index (χ1) is 15.4. The van der Waals surface area contributed by atoms with Crippen molar-refractivity contribution >= 4 is 16.8 Å². The van der Waals surface area contributed by atoms with Crippen molar-refractivity contribution in [1.29, 1.82) is 0 Å². The van der Waals surface area contributed by atoms with Gasteiger partial charge >= 0.3 is 0 Å². The molecule has 6 nitrogen and oxygen atoms in total. The van der Waals surface area contributed by atoms with Gasteiger partial charge in [-0.2, -0.15) is 0 Å². The zero-order chi connectivity index (χ0) is 22.4. The fourth-order valence-electron chi connectivity index (χ4n) is 5.13. The zero-order valence-electron chi connectivity index (χ0n) is 17.8. The number of carbonyl (C=O) groups excluding carboxylic acids is 1. The van der Waals surface area contributed by atoms with Gasteiger partial charge in [-0.15, -0.1) is 0 Å². The maximum atomic E-state index is 13.4. The fraction of sp³-hybridized carbons (Fsp3) is 0.360. The summed E-state index contributed by atoms with van der Waals surface area (Å²) in [5.41, 5.74) is 0.928. The van der Waals surface area contributed by atoms with Gasteiger partial charge in [-0.3, -0.25) is 9.59 Å². The first kappa shape index (κ1) is 20.7. The van der Waals surface area contributed by atoms with E-state index in [9.17, 15) is 19.1 Å². The molecule has 1 aromatic heterocycles. The summed E-state index contributed by atoms with van der Waals surface area (Å²) in [6.45, 7) is 1.11. The number of carbonyl (C=O) groups is 1. The van der Waals surface area contributed by atoms with Crippen molar-refractivity contribution in [3.8, 4) is 5.75 Å². The summed E-state index contributed by atoms with van der Waals surface area (Å²) in [6, 6.07) is 14.6. The van der Waals surface area contributed by atoms with E-state index in [0.717, 1.165) is 10.9 Å². The van der Waals surface area contributed by atoms with Crippen LogP contribution in [0, 0.1) is 17.7 Å².